The Morgan fingerprint density at radius 3 is 2.67 bits per heavy atom. The predicted molar refractivity (Wildman–Crippen MR) is 71.3 cm³/mol. The molecular formula is C13H22N4O. The summed E-state index contributed by atoms with van der Waals surface area (Å²) in [4.78, 5) is 14.3. The van der Waals surface area contributed by atoms with E-state index in [9.17, 15) is 4.79 Å². The summed E-state index contributed by atoms with van der Waals surface area (Å²) in [6, 6.07) is 0.275. The van der Waals surface area contributed by atoms with Gasteiger partial charge in [0, 0.05) is 20.1 Å². The van der Waals surface area contributed by atoms with Gasteiger partial charge in [-0.25, -0.2) is 0 Å². The van der Waals surface area contributed by atoms with Gasteiger partial charge in [-0.1, -0.05) is 6.92 Å². The molecule has 18 heavy (non-hydrogen) atoms. The van der Waals surface area contributed by atoms with Crippen molar-refractivity contribution < 1.29 is 4.79 Å². The molecule has 1 saturated carbocycles. The van der Waals surface area contributed by atoms with Gasteiger partial charge in [0.05, 0.1) is 11.4 Å². The van der Waals surface area contributed by atoms with Crippen molar-refractivity contribution in [3.63, 3.8) is 0 Å². The Morgan fingerprint density at radius 1 is 1.61 bits per heavy atom. The number of nitrogens with two attached hydrogens (primary N) is 1. The van der Waals surface area contributed by atoms with Crippen molar-refractivity contribution in [3.8, 4) is 0 Å². The van der Waals surface area contributed by atoms with Crippen LogP contribution in [0.3, 0.4) is 0 Å². The number of nitrogens with zero attached hydrogens (tertiary/aromatic N) is 3. The maximum absolute atomic E-state index is 12.5. The lowest BCUT2D eigenvalue weighted by Gasteiger charge is -2.25. The number of rotatable bonds is 4. The first kappa shape index (κ1) is 12.9. The smallest absolute Gasteiger partial charge is 0.274 e. The van der Waals surface area contributed by atoms with E-state index in [1.807, 2.05) is 14.0 Å². The van der Waals surface area contributed by atoms with Crippen LogP contribution in [0, 0.1) is 5.92 Å². The molecule has 1 aliphatic carbocycles. The van der Waals surface area contributed by atoms with E-state index in [2.05, 4.69) is 12.0 Å². The fourth-order valence-corrected chi connectivity index (χ4v) is 2.36. The van der Waals surface area contributed by atoms with Crippen LogP contribution in [0.25, 0.3) is 0 Å². The second-order valence-electron chi connectivity index (χ2n) is 5.18. The third-order valence-corrected chi connectivity index (χ3v) is 3.93. The first-order chi connectivity index (χ1) is 8.47. The van der Waals surface area contributed by atoms with E-state index < -0.39 is 0 Å². The zero-order valence-corrected chi connectivity index (χ0v) is 11.6. The summed E-state index contributed by atoms with van der Waals surface area (Å²) in [6.45, 7) is 4.09. The van der Waals surface area contributed by atoms with E-state index in [4.69, 9.17) is 5.73 Å². The van der Waals surface area contributed by atoms with Crippen molar-refractivity contribution >= 4 is 11.6 Å². The third kappa shape index (κ3) is 2.09. The van der Waals surface area contributed by atoms with Crippen LogP contribution in [0.15, 0.2) is 0 Å². The number of anilines is 1. The largest absolute Gasteiger partial charge is 0.395 e. The minimum absolute atomic E-state index is 0.0263. The minimum atomic E-state index is -0.0263. The van der Waals surface area contributed by atoms with Crippen molar-refractivity contribution in [2.45, 2.75) is 39.2 Å². The predicted octanol–water partition coefficient (Wildman–Crippen LogP) is 1.44. The molecule has 1 aliphatic rings. The molecule has 0 saturated heterocycles. The number of amides is 1. The zero-order valence-electron chi connectivity index (χ0n) is 11.6. The molecule has 0 radical (unpaired) electrons. The number of aryl methyl sites for hydroxylation is 2. The third-order valence-electron chi connectivity index (χ3n) is 3.93. The zero-order chi connectivity index (χ0) is 13.4. The number of hydrogen-bond acceptors (Lipinski definition) is 3. The Kier molecular flexibility index (Phi) is 3.32. The standard InChI is InChI=1S/C13H22N4O/c1-5-10-11(14)12(17(4)15-10)13(18)16(3)8(2)9-6-7-9/h8-9H,5-7,14H2,1-4H3. The van der Waals surface area contributed by atoms with E-state index in [1.165, 1.54) is 12.8 Å². The summed E-state index contributed by atoms with van der Waals surface area (Å²) in [5.74, 6) is 0.626. The molecule has 0 aromatic carbocycles. The first-order valence-electron chi connectivity index (χ1n) is 6.55. The SMILES string of the molecule is CCc1nn(C)c(C(=O)N(C)C(C)C2CC2)c1N. The fraction of sp³-hybridized carbons (Fsp3) is 0.692. The molecule has 2 N–H and O–H groups in total. The van der Waals surface area contributed by atoms with Gasteiger partial charge in [-0.05, 0) is 32.1 Å². The van der Waals surface area contributed by atoms with Crippen LogP contribution in [-0.2, 0) is 13.5 Å². The molecule has 5 nitrogen and oxygen atoms in total. The maximum Gasteiger partial charge on any atom is 0.274 e. The van der Waals surface area contributed by atoms with Crippen LogP contribution in [0.2, 0.25) is 0 Å². The minimum Gasteiger partial charge on any atom is -0.395 e. The normalized spacial score (nSPS) is 16.7. The second kappa shape index (κ2) is 4.63. The van der Waals surface area contributed by atoms with Gasteiger partial charge in [-0.3, -0.25) is 9.48 Å². The molecule has 0 spiro atoms. The van der Waals surface area contributed by atoms with Gasteiger partial charge in [0.1, 0.15) is 5.69 Å². The second-order valence-corrected chi connectivity index (χ2v) is 5.18. The van der Waals surface area contributed by atoms with Crippen molar-refractivity contribution in [1.29, 1.82) is 0 Å². The van der Waals surface area contributed by atoms with Gasteiger partial charge in [-0.2, -0.15) is 5.10 Å². The Labute approximate surface area is 108 Å². The summed E-state index contributed by atoms with van der Waals surface area (Å²) in [5.41, 5.74) is 7.86. The highest BCUT2D eigenvalue weighted by Gasteiger charge is 2.34. The quantitative estimate of drug-likeness (QED) is 0.879. The van der Waals surface area contributed by atoms with Crippen LogP contribution < -0.4 is 5.73 Å². The Bertz CT molecular complexity index is 462. The molecule has 1 aromatic heterocycles. The highest BCUT2D eigenvalue weighted by Crippen LogP contribution is 2.35. The van der Waals surface area contributed by atoms with E-state index in [1.54, 1.807) is 16.6 Å². The van der Waals surface area contributed by atoms with Crippen molar-refractivity contribution in [1.82, 2.24) is 14.7 Å². The number of nitrogen functional groups attached to an aromatic ring is 1. The highest BCUT2D eigenvalue weighted by molar-refractivity contribution is 5.98. The molecule has 1 aromatic rings. The van der Waals surface area contributed by atoms with Gasteiger partial charge in [0.25, 0.3) is 5.91 Å². The van der Waals surface area contributed by atoms with E-state index in [0.29, 0.717) is 17.3 Å². The Balaban J connectivity index is 2.24. The number of carbonyl (C=O) groups is 1. The van der Waals surface area contributed by atoms with E-state index in [0.717, 1.165) is 12.1 Å². The highest BCUT2D eigenvalue weighted by atomic mass is 16.2. The first-order valence-corrected chi connectivity index (χ1v) is 6.55. The lowest BCUT2D eigenvalue weighted by Crippen LogP contribution is -2.37. The molecule has 2 rings (SSSR count). The van der Waals surface area contributed by atoms with Crippen molar-refractivity contribution in [2.24, 2.45) is 13.0 Å². The number of hydrogen-bond donors (Lipinski definition) is 1. The van der Waals surface area contributed by atoms with E-state index in [-0.39, 0.29) is 11.9 Å². The van der Waals surface area contributed by atoms with Gasteiger partial charge >= 0.3 is 0 Å². The van der Waals surface area contributed by atoms with Crippen molar-refractivity contribution in [2.75, 3.05) is 12.8 Å². The summed E-state index contributed by atoms with van der Waals surface area (Å²) in [7, 11) is 3.63. The summed E-state index contributed by atoms with van der Waals surface area (Å²) < 4.78 is 1.60. The maximum atomic E-state index is 12.5. The molecule has 1 heterocycles. The lowest BCUT2D eigenvalue weighted by atomic mass is 10.1. The summed E-state index contributed by atoms with van der Waals surface area (Å²) >= 11 is 0. The summed E-state index contributed by atoms with van der Waals surface area (Å²) in [6.07, 6.45) is 3.19. The fourth-order valence-electron chi connectivity index (χ4n) is 2.36. The van der Waals surface area contributed by atoms with Gasteiger partial charge < -0.3 is 10.6 Å². The molecule has 0 bridgehead atoms. The van der Waals surface area contributed by atoms with Gasteiger partial charge in [-0.15, -0.1) is 0 Å². The average Bonchev–Trinajstić information content (AvgIpc) is 3.14. The van der Waals surface area contributed by atoms with Crippen LogP contribution in [-0.4, -0.2) is 33.7 Å². The molecule has 1 atom stereocenters. The number of carbonyl (C=O) groups excluding carboxylic acids is 1. The molecular weight excluding hydrogens is 228 g/mol. The molecule has 1 amide bonds. The topological polar surface area (TPSA) is 64.2 Å². The van der Waals surface area contributed by atoms with Crippen molar-refractivity contribution in [3.05, 3.63) is 11.4 Å². The Hall–Kier alpha value is -1.52. The van der Waals surface area contributed by atoms with E-state index >= 15 is 0 Å². The monoisotopic (exact) mass is 250 g/mol. The van der Waals surface area contributed by atoms with Gasteiger partial charge in [0.15, 0.2) is 0 Å². The molecule has 100 valence electrons. The van der Waals surface area contributed by atoms with Crippen LogP contribution in [0.5, 0.6) is 0 Å². The summed E-state index contributed by atoms with van der Waals surface area (Å²) in [5, 5.41) is 4.30. The molecule has 1 unspecified atom stereocenters. The van der Waals surface area contributed by atoms with Crippen LogP contribution in [0.1, 0.15) is 42.9 Å². The Morgan fingerprint density at radius 2 is 2.22 bits per heavy atom. The van der Waals surface area contributed by atoms with Gasteiger partial charge in [0.2, 0.25) is 0 Å². The molecule has 5 heteroatoms. The molecule has 0 aliphatic heterocycles. The average molecular weight is 250 g/mol. The van der Waals surface area contributed by atoms with Crippen LogP contribution >= 0.6 is 0 Å². The number of aromatic nitrogens is 2. The lowest BCUT2D eigenvalue weighted by molar-refractivity contribution is 0.0717. The van der Waals surface area contributed by atoms with Crippen LogP contribution in [0.4, 0.5) is 5.69 Å². The molecule has 1 fully saturated rings.